The Morgan fingerprint density at radius 1 is 1.08 bits per heavy atom. The molecule has 0 spiro atoms. The van der Waals surface area contributed by atoms with Gasteiger partial charge in [0.1, 0.15) is 5.75 Å². The molecule has 0 aromatic heterocycles. The van der Waals surface area contributed by atoms with Gasteiger partial charge in [-0.25, -0.2) is 0 Å². The number of hydrogen-bond donors (Lipinski definition) is 1. The fourth-order valence-electron chi connectivity index (χ4n) is 3.17. The zero-order valence-corrected chi connectivity index (χ0v) is 16.7. The normalized spacial score (nSPS) is 12.2. The van der Waals surface area contributed by atoms with Crippen LogP contribution in [-0.4, -0.2) is 20.3 Å². The Balaban J connectivity index is 1.88. The van der Waals surface area contributed by atoms with Crippen LogP contribution in [0.15, 0.2) is 42.5 Å². The molecule has 0 bridgehead atoms. The summed E-state index contributed by atoms with van der Waals surface area (Å²) in [4.78, 5) is 0. The van der Waals surface area contributed by atoms with Crippen molar-refractivity contribution in [2.45, 2.75) is 52.7 Å². The molecular weight excluding hydrogens is 322 g/mol. The van der Waals surface area contributed by atoms with Gasteiger partial charge in [-0.15, -0.1) is 0 Å². The molecule has 1 atom stereocenters. The van der Waals surface area contributed by atoms with Gasteiger partial charge < -0.3 is 14.8 Å². The Morgan fingerprint density at radius 3 is 2.54 bits per heavy atom. The molecule has 3 nitrogen and oxygen atoms in total. The summed E-state index contributed by atoms with van der Waals surface area (Å²) in [5, 5.41) is 3.65. The molecule has 1 unspecified atom stereocenters. The number of unbranched alkanes of at least 4 members (excludes halogenated alkanes) is 1. The smallest absolute Gasteiger partial charge is 0.122 e. The number of benzene rings is 2. The number of nitrogens with one attached hydrogen (secondary N) is 1. The Morgan fingerprint density at radius 2 is 1.85 bits per heavy atom. The average Bonchev–Trinajstić information content (AvgIpc) is 2.65. The fraction of sp³-hybridized carbons (Fsp3) is 0.478. The van der Waals surface area contributed by atoms with E-state index in [4.69, 9.17) is 9.47 Å². The quantitative estimate of drug-likeness (QED) is 0.561. The van der Waals surface area contributed by atoms with E-state index in [1.807, 2.05) is 6.92 Å². The van der Waals surface area contributed by atoms with Crippen LogP contribution in [0.5, 0.6) is 5.75 Å². The van der Waals surface area contributed by atoms with Gasteiger partial charge >= 0.3 is 0 Å². The van der Waals surface area contributed by atoms with Crippen molar-refractivity contribution in [3.63, 3.8) is 0 Å². The second-order valence-corrected chi connectivity index (χ2v) is 6.79. The van der Waals surface area contributed by atoms with Crippen molar-refractivity contribution in [2.24, 2.45) is 0 Å². The summed E-state index contributed by atoms with van der Waals surface area (Å²) in [5.74, 6) is 0.967. The first kappa shape index (κ1) is 20.5. The Bertz CT molecular complexity index is 628. The van der Waals surface area contributed by atoms with Crippen LogP contribution in [0.25, 0.3) is 0 Å². The van der Waals surface area contributed by atoms with Crippen LogP contribution in [0.2, 0.25) is 0 Å². The summed E-state index contributed by atoms with van der Waals surface area (Å²) in [6.07, 6.45) is 3.53. The highest BCUT2D eigenvalue weighted by atomic mass is 16.5. The van der Waals surface area contributed by atoms with E-state index in [-0.39, 0.29) is 0 Å². The van der Waals surface area contributed by atoms with E-state index in [0.717, 1.165) is 18.7 Å². The highest BCUT2D eigenvalue weighted by Gasteiger charge is 2.12. The minimum atomic E-state index is 0.294. The maximum Gasteiger partial charge on any atom is 0.122 e. The SMILES string of the molecule is CCOc1cc(C(C)NCCCCc2ccccc2)cc(COC)c1C. The molecule has 0 saturated carbocycles. The Kier molecular flexibility index (Phi) is 8.66. The van der Waals surface area contributed by atoms with Crippen LogP contribution >= 0.6 is 0 Å². The third kappa shape index (κ3) is 6.15. The zero-order chi connectivity index (χ0) is 18.8. The summed E-state index contributed by atoms with van der Waals surface area (Å²) in [5.41, 5.74) is 5.05. The van der Waals surface area contributed by atoms with Gasteiger partial charge in [-0.2, -0.15) is 0 Å². The molecule has 2 rings (SSSR count). The minimum absolute atomic E-state index is 0.294. The Labute approximate surface area is 158 Å². The summed E-state index contributed by atoms with van der Waals surface area (Å²) in [6.45, 7) is 8.66. The third-order valence-corrected chi connectivity index (χ3v) is 4.78. The van der Waals surface area contributed by atoms with E-state index >= 15 is 0 Å². The van der Waals surface area contributed by atoms with Crippen molar-refractivity contribution in [3.05, 3.63) is 64.7 Å². The largest absolute Gasteiger partial charge is 0.494 e. The van der Waals surface area contributed by atoms with Gasteiger partial charge in [-0.3, -0.25) is 0 Å². The van der Waals surface area contributed by atoms with Crippen molar-refractivity contribution < 1.29 is 9.47 Å². The fourth-order valence-corrected chi connectivity index (χ4v) is 3.17. The van der Waals surface area contributed by atoms with Crippen LogP contribution < -0.4 is 10.1 Å². The van der Waals surface area contributed by atoms with Crippen LogP contribution in [0.1, 0.15) is 55.0 Å². The first-order valence-electron chi connectivity index (χ1n) is 9.68. The van der Waals surface area contributed by atoms with Gasteiger partial charge in [0.2, 0.25) is 0 Å². The lowest BCUT2D eigenvalue weighted by Gasteiger charge is -2.19. The summed E-state index contributed by atoms with van der Waals surface area (Å²) in [7, 11) is 1.74. The van der Waals surface area contributed by atoms with Gasteiger partial charge in [-0.05, 0) is 74.9 Å². The van der Waals surface area contributed by atoms with Crippen molar-refractivity contribution in [2.75, 3.05) is 20.3 Å². The molecule has 0 heterocycles. The Hall–Kier alpha value is -1.84. The predicted octanol–water partition coefficient (Wildman–Crippen LogP) is 5.21. The van der Waals surface area contributed by atoms with Crippen molar-refractivity contribution in [1.29, 1.82) is 0 Å². The molecule has 0 aliphatic rings. The van der Waals surface area contributed by atoms with Crippen molar-refractivity contribution >= 4 is 0 Å². The zero-order valence-electron chi connectivity index (χ0n) is 16.7. The molecule has 0 fully saturated rings. The lowest BCUT2D eigenvalue weighted by Crippen LogP contribution is -2.20. The number of ether oxygens (including phenoxy) is 2. The second kappa shape index (κ2) is 11.0. The lowest BCUT2D eigenvalue weighted by atomic mass is 10.00. The lowest BCUT2D eigenvalue weighted by molar-refractivity contribution is 0.183. The van der Waals surface area contributed by atoms with Crippen LogP contribution in [0.3, 0.4) is 0 Å². The molecule has 0 saturated heterocycles. The highest BCUT2D eigenvalue weighted by molar-refractivity contribution is 5.43. The van der Waals surface area contributed by atoms with Crippen LogP contribution in [-0.2, 0) is 17.8 Å². The molecule has 1 N–H and O–H groups in total. The monoisotopic (exact) mass is 355 g/mol. The van der Waals surface area contributed by atoms with Gasteiger partial charge in [-0.1, -0.05) is 36.4 Å². The second-order valence-electron chi connectivity index (χ2n) is 6.79. The first-order chi connectivity index (χ1) is 12.7. The molecule has 0 amide bonds. The predicted molar refractivity (Wildman–Crippen MR) is 109 cm³/mol. The minimum Gasteiger partial charge on any atom is -0.494 e. The van der Waals surface area contributed by atoms with E-state index < -0.39 is 0 Å². The van der Waals surface area contributed by atoms with Crippen LogP contribution in [0.4, 0.5) is 0 Å². The van der Waals surface area contributed by atoms with Gasteiger partial charge in [0, 0.05) is 13.2 Å². The van der Waals surface area contributed by atoms with Gasteiger partial charge in [0.15, 0.2) is 0 Å². The average molecular weight is 356 g/mol. The highest BCUT2D eigenvalue weighted by Crippen LogP contribution is 2.28. The molecule has 0 radical (unpaired) electrons. The standard InChI is InChI=1S/C23H33NO2/c1-5-26-23-16-21(15-22(17-25-4)18(23)2)19(3)24-14-10-9-13-20-11-7-6-8-12-20/h6-8,11-12,15-16,19,24H,5,9-10,13-14,17H2,1-4H3. The number of aryl methyl sites for hydroxylation is 1. The molecule has 2 aromatic carbocycles. The topological polar surface area (TPSA) is 30.5 Å². The van der Waals surface area contributed by atoms with E-state index in [2.05, 4.69) is 61.6 Å². The molecule has 0 aliphatic carbocycles. The molecular formula is C23H33NO2. The van der Waals surface area contributed by atoms with E-state index in [1.54, 1.807) is 7.11 Å². The van der Waals surface area contributed by atoms with Crippen LogP contribution in [0, 0.1) is 6.92 Å². The maximum absolute atomic E-state index is 5.82. The third-order valence-electron chi connectivity index (χ3n) is 4.78. The molecule has 0 aliphatic heterocycles. The maximum atomic E-state index is 5.82. The summed E-state index contributed by atoms with van der Waals surface area (Å²) in [6, 6.07) is 15.4. The molecule has 26 heavy (non-hydrogen) atoms. The number of rotatable bonds is 11. The molecule has 2 aromatic rings. The van der Waals surface area contributed by atoms with E-state index in [0.29, 0.717) is 19.3 Å². The van der Waals surface area contributed by atoms with E-state index in [9.17, 15) is 0 Å². The summed E-state index contributed by atoms with van der Waals surface area (Å²) < 4.78 is 11.2. The van der Waals surface area contributed by atoms with Gasteiger partial charge in [0.05, 0.1) is 13.2 Å². The van der Waals surface area contributed by atoms with Gasteiger partial charge in [0.25, 0.3) is 0 Å². The summed E-state index contributed by atoms with van der Waals surface area (Å²) >= 11 is 0. The van der Waals surface area contributed by atoms with E-state index in [1.165, 1.54) is 35.1 Å². The number of methoxy groups -OCH3 is 1. The van der Waals surface area contributed by atoms with Crippen molar-refractivity contribution in [3.8, 4) is 5.75 Å². The van der Waals surface area contributed by atoms with Crippen molar-refractivity contribution in [1.82, 2.24) is 5.32 Å². The molecule has 142 valence electrons. The first-order valence-corrected chi connectivity index (χ1v) is 9.68. The molecule has 3 heteroatoms. The number of hydrogen-bond acceptors (Lipinski definition) is 3.